The van der Waals surface area contributed by atoms with Crippen LogP contribution in [-0.4, -0.2) is 45.5 Å². The molecular formula is C24H31N5O. The molecule has 4 heterocycles. The Labute approximate surface area is 178 Å². The monoisotopic (exact) mass is 405 g/mol. The smallest absolute Gasteiger partial charge is 0.199 e. The molecule has 0 aromatic carbocycles. The van der Waals surface area contributed by atoms with Crippen molar-refractivity contribution in [3.8, 4) is 5.88 Å². The van der Waals surface area contributed by atoms with Crippen molar-refractivity contribution in [1.82, 2.24) is 24.6 Å². The van der Waals surface area contributed by atoms with E-state index in [2.05, 4.69) is 39.9 Å². The van der Waals surface area contributed by atoms with Crippen LogP contribution in [0.15, 0.2) is 36.5 Å². The zero-order valence-corrected chi connectivity index (χ0v) is 17.8. The first kappa shape index (κ1) is 19.5. The topological polar surface area (TPSA) is 54.7 Å². The Morgan fingerprint density at radius 1 is 1.10 bits per heavy atom. The molecule has 1 atom stereocenters. The molecule has 0 bridgehead atoms. The Balaban J connectivity index is 1.25. The van der Waals surface area contributed by atoms with E-state index < -0.39 is 0 Å². The van der Waals surface area contributed by atoms with Gasteiger partial charge in [-0.2, -0.15) is 0 Å². The van der Waals surface area contributed by atoms with Gasteiger partial charge in [-0.1, -0.05) is 12.1 Å². The number of hydrogen-bond acceptors (Lipinski definition) is 5. The summed E-state index contributed by atoms with van der Waals surface area (Å²) in [6, 6.07) is 10.7. The number of likely N-dealkylation sites (tertiary alicyclic amines) is 1. The third-order valence-corrected chi connectivity index (χ3v) is 6.31. The van der Waals surface area contributed by atoms with Gasteiger partial charge in [-0.25, -0.2) is 4.98 Å². The second-order valence-electron chi connectivity index (χ2n) is 8.54. The molecule has 6 heteroatoms. The van der Waals surface area contributed by atoms with E-state index in [9.17, 15) is 0 Å². The highest BCUT2D eigenvalue weighted by molar-refractivity contribution is 5.43. The molecule has 6 nitrogen and oxygen atoms in total. The second-order valence-corrected chi connectivity index (χ2v) is 8.54. The van der Waals surface area contributed by atoms with E-state index in [1.54, 1.807) is 0 Å². The van der Waals surface area contributed by atoms with E-state index in [4.69, 9.17) is 14.7 Å². The summed E-state index contributed by atoms with van der Waals surface area (Å²) >= 11 is 0. The molecule has 0 spiro atoms. The fourth-order valence-electron chi connectivity index (χ4n) is 4.70. The van der Waals surface area contributed by atoms with Crippen LogP contribution in [0.2, 0.25) is 0 Å². The molecule has 2 aliphatic rings. The molecule has 158 valence electrons. The summed E-state index contributed by atoms with van der Waals surface area (Å²) in [4.78, 5) is 12.1. The van der Waals surface area contributed by atoms with Crippen LogP contribution >= 0.6 is 0 Å². The van der Waals surface area contributed by atoms with Gasteiger partial charge in [0.15, 0.2) is 5.88 Å². The minimum Gasteiger partial charge on any atom is -0.477 e. The van der Waals surface area contributed by atoms with Crippen LogP contribution in [0.4, 0.5) is 0 Å². The molecule has 1 saturated heterocycles. The van der Waals surface area contributed by atoms with Crippen LogP contribution in [0.3, 0.4) is 0 Å². The Hall–Kier alpha value is -2.44. The number of nitrogens with one attached hydrogen (secondary N) is 1. The van der Waals surface area contributed by atoms with Gasteiger partial charge in [0.05, 0.1) is 17.4 Å². The number of hydrogen-bond donors (Lipinski definition) is 1. The molecule has 0 radical (unpaired) electrons. The van der Waals surface area contributed by atoms with Crippen molar-refractivity contribution >= 4 is 5.65 Å². The van der Waals surface area contributed by atoms with Gasteiger partial charge in [0.2, 0.25) is 0 Å². The molecule has 0 saturated carbocycles. The van der Waals surface area contributed by atoms with E-state index in [-0.39, 0.29) is 0 Å². The lowest BCUT2D eigenvalue weighted by Crippen LogP contribution is -2.26. The number of aryl methyl sites for hydroxylation is 2. The van der Waals surface area contributed by atoms with Crippen LogP contribution in [-0.2, 0) is 13.0 Å². The van der Waals surface area contributed by atoms with Gasteiger partial charge < -0.3 is 10.1 Å². The summed E-state index contributed by atoms with van der Waals surface area (Å²) in [5.41, 5.74) is 5.66. The van der Waals surface area contributed by atoms with Crippen molar-refractivity contribution in [1.29, 1.82) is 0 Å². The minimum absolute atomic E-state index is 0.301. The van der Waals surface area contributed by atoms with Gasteiger partial charge in [0, 0.05) is 25.0 Å². The third-order valence-electron chi connectivity index (χ3n) is 6.31. The first-order valence-electron chi connectivity index (χ1n) is 11.3. The second kappa shape index (κ2) is 8.74. The van der Waals surface area contributed by atoms with Crippen LogP contribution in [0.1, 0.15) is 54.4 Å². The highest BCUT2D eigenvalue weighted by atomic mass is 16.5. The molecule has 0 amide bonds. The van der Waals surface area contributed by atoms with Crippen LogP contribution in [0.5, 0.6) is 5.88 Å². The van der Waals surface area contributed by atoms with Gasteiger partial charge in [-0.15, -0.1) is 0 Å². The molecule has 1 fully saturated rings. The number of imidazole rings is 1. The molecule has 3 aromatic rings. The van der Waals surface area contributed by atoms with Crippen LogP contribution in [0, 0.1) is 6.92 Å². The largest absolute Gasteiger partial charge is 0.477 e. The molecule has 1 aliphatic carbocycles. The van der Waals surface area contributed by atoms with E-state index in [1.165, 1.54) is 43.6 Å². The normalized spacial score (nSPS) is 19.3. The van der Waals surface area contributed by atoms with Crippen molar-refractivity contribution in [3.05, 3.63) is 59.2 Å². The van der Waals surface area contributed by atoms with Gasteiger partial charge >= 0.3 is 0 Å². The number of aromatic nitrogens is 3. The molecule has 1 aliphatic heterocycles. The minimum atomic E-state index is 0.301. The van der Waals surface area contributed by atoms with Crippen molar-refractivity contribution in [3.63, 3.8) is 0 Å². The maximum Gasteiger partial charge on any atom is 0.199 e. The number of ether oxygens (including phenoxy) is 1. The molecule has 3 aromatic heterocycles. The third kappa shape index (κ3) is 4.20. The number of nitrogens with zero attached hydrogens (tertiary/aromatic N) is 4. The van der Waals surface area contributed by atoms with E-state index >= 15 is 0 Å². The van der Waals surface area contributed by atoms with Crippen LogP contribution in [0.25, 0.3) is 5.65 Å². The number of pyridine rings is 2. The molecule has 1 N–H and O–H groups in total. The number of rotatable bonds is 7. The average Bonchev–Trinajstić information content (AvgIpc) is 3.42. The lowest BCUT2D eigenvalue weighted by Gasteiger charge is -2.25. The Morgan fingerprint density at radius 3 is 2.90 bits per heavy atom. The Morgan fingerprint density at radius 2 is 2.00 bits per heavy atom. The quantitative estimate of drug-likeness (QED) is 0.650. The van der Waals surface area contributed by atoms with Crippen molar-refractivity contribution < 1.29 is 4.74 Å². The van der Waals surface area contributed by atoms with Gasteiger partial charge in [0.1, 0.15) is 12.3 Å². The summed E-state index contributed by atoms with van der Waals surface area (Å²) in [6.45, 7) is 6.91. The van der Waals surface area contributed by atoms with Crippen molar-refractivity contribution in [2.75, 3.05) is 26.2 Å². The van der Waals surface area contributed by atoms with Crippen molar-refractivity contribution in [2.45, 2.75) is 51.6 Å². The summed E-state index contributed by atoms with van der Waals surface area (Å²) in [5, 5.41) is 3.70. The zero-order valence-electron chi connectivity index (χ0n) is 17.8. The molecule has 5 rings (SSSR count). The maximum atomic E-state index is 6.10. The molecular weight excluding hydrogens is 374 g/mol. The number of fused-ring (bicyclic) bond motifs is 2. The van der Waals surface area contributed by atoms with Gasteiger partial charge in [-0.05, 0) is 75.9 Å². The average molecular weight is 406 g/mol. The van der Waals surface area contributed by atoms with Crippen molar-refractivity contribution in [2.24, 2.45) is 0 Å². The summed E-state index contributed by atoms with van der Waals surface area (Å²) in [7, 11) is 0. The molecule has 1 unspecified atom stereocenters. The summed E-state index contributed by atoms with van der Waals surface area (Å²) in [6.07, 6.45) is 8.19. The first-order valence-corrected chi connectivity index (χ1v) is 11.3. The van der Waals surface area contributed by atoms with E-state index in [0.29, 0.717) is 6.04 Å². The highest BCUT2D eigenvalue weighted by Gasteiger charge is 2.21. The zero-order chi connectivity index (χ0) is 20.3. The predicted molar refractivity (Wildman–Crippen MR) is 118 cm³/mol. The summed E-state index contributed by atoms with van der Waals surface area (Å²) < 4.78 is 8.17. The van der Waals surface area contributed by atoms with E-state index in [0.717, 1.165) is 55.5 Å². The first-order chi connectivity index (χ1) is 14.8. The fourth-order valence-corrected chi connectivity index (χ4v) is 4.70. The highest BCUT2D eigenvalue weighted by Crippen LogP contribution is 2.28. The lowest BCUT2D eigenvalue weighted by atomic mass is 9.91. The predicted octanol–water partition coefficient (Wildman–Crippen LogP) is 3.68. The maximum absolute atomic E-state index is 6.10. The van der Waals surface area contributed by atoms with E-state index in [1.807, 2.05) is 18.2 Å². The fraction of sp³-hybridized carbons (Fsp3) is 0.500. The SMILES string of the molecule is Cc1ccc2c(n1)C(NCc1cn3c(OCCN4CCCC4)cccc3n1)CCC2. The van der Waals surface area contributed by atoms with Gasteiger partial charge in [-0.3, -0.25) is 14.3 Å². The summed E-state index contributed by atoms with van der Waals surface area (Å²) in [5.74, 6) is 0.866. The molecule has 30 heavy (non-hydrogen) atoms. The van der Waals surface area contributed by atoms with Crippen LogP contribution < -0.4 is 10.1 Å². The Bertz CT molecular complexity index is 1010. The lowest BCUT2D eigenvalue weighted by molar-refractivity contribution is 0.230. The standard InChI is InChI=1S/C24H31N5O/c1-18-10-11-19-6-4-7-21(24(19)26-18)25-16-20-17-29-22(27-20)8-5-9-23(29)30-15-14-28-12-2-3-13-28/h5,8-11,17,21,25H,2-4,6-7,12-16H2,1H3. The Kier molecular flexibility index (Phi) is 5.69. The van der Waals surface area contributed by atoms with Gasteiger partial charge in [0.25, 0.3) is 0 Å².